The minimum atomic E-state index is 0.125. The number of hydrogen-bond donors (Lipinski definition) is 0. The van der Waals surface area contributed by atoms with E-state index in [2.05, 4.69) is 10.1 Å². The number of morpholine rings is 1. The fraction of sp³-hybridized carbons (Fsp3) is 0.769. The number of amides is 1. The highest BCUT2D eigenvalue weighted by molar-refractivity contribution is 5.76. The smallest absolute Gasteiger partial charge is 0.227 e. The second-order valence-electron chi connectivity index (χ2n) is 5.21. The van der Waals surface area contributed by atoms with E-state index in [0.717, 1.165) is 0 Å². The molecule has 0 spiro atoms. The van der Waals surface area contributed by atoms with Crippen LogP contribution in [0, 0.1) is 0 Å². The number of carbonyl (C=O) groups excluding carboxylic acids is 1. The molecule has 1 aliphatic heterocycles. The van der Waals surface area contributed by atoms with Crippen LogP contribution in [0.3, 0.4) is 0 Å². The van der Waals surface area contributed by atoms with Gasteiger partial charge in [0.2, 0.25) is 11.8 Å². The molecule has 1 atom stereocenters. The third kappa shape index (κ3) is 3.53. The van der Waals surface area contributed by atoms with Crippen molar-refractivity contribution in [3.63, 3.8) is 0 Å². The van der Waals surface area contributed by atoms with Gasteiger partial charge in [0, 0.05) is 25.3 Å². The van der Waals surface area contributed by atoms with Crippen LogP contribution in [0.4, 0.5) is 0 Å². The normalized spacial score (nSPS) is 20.0. The summed E-state index contributed by atoms with van der Waals surface area (Å²) in [6, 6.07) is 0.148. The van der Waals surface area contributed by atoms with E-state index in [1.165, 1.54) is 0 Å². The molecule has 2 rings (SSSR count). The number of aryl methyl sites for hydroxylation is 1. The molecule has 106 valence electrons. The third-order valence-electron chi connectivity index (χ3n) is 3.24. The highest BCUT2D eigenvalue weighted by atomic mass is 16.5. The van der Waals surface area contributed by atoms with Gasteiger partial charge in [0.15, 0.2) is 5.82 Å². The Morgan fingerprint density at radius 3 is 2.95 bits per heavy atom. The maximum absolute atomic E-state index is 12.1. The first-order valence-corrected chi connectivity index (χ1v) is 6.77. The van der Waals surface area contributed by atoms with Crippen molar-refractivity contribution < 1.29 is 14.1 Å². The van der Waals surface area contributed by atoms with Crippen LogP contribution in [-0.2, 0) is 16.0 Å². The van der Waals surface area contributed by atoms with Crippen LogP contribution in [0.15, 0.2) is 4.52 Å². The summed E-state index contributed by atoms with van der Waals surface area (Å²) >= 11 is 0. The molecule has 0 unspecified atom stereocenters. The van der Waals surface area contributed by atoms with Crippen LogP contribution >= 0.6 is 0 Å². The van der Waals surface area contributed by atoms with E-state index >= 15 is 0 Å². The Morgan fingerprint density at radius 2 is 2.32 bits per heavy atom. The third-order valence-corrected chi connectivity index (χ3v) is 3.24. The molecule has 0 bridgehead atoms. The maximum atomic E-state index is 12.1. The van der Waals surface area contributed by atoms with E-state index < -0.39 is 0 Å². The Morgan fingerprint density at radius 1 is 1.53 bits per heavy atom. The molecule has 0 saturated carbocycles. The van der Waals surface area contributed by atoms with Crippen molar-refractivity contribution >= 4 is 5.91 Å². The van der Waals surface area contributed by atoms with Crippen molar-refractivity contribution in [2.45, 2.75) is 45.6 Å². The van der Waals surface area contributed by atoms with E-state index in [4.69, 9.17) is 9.26 Å². The number of aromatic nitrogens is 2. The highest BCUT2D eigenvalue weighted by Gasteiger charge is 2.23. The summed E-state index contributed by atoms with van der Waals surface area (Å²) in [7, 11) is 0. The molecule has 19 heavy (non-hydrogen) atoms. The minimum Gasteiger partial charge on any atom is -0.377 e. The van der Waals surface area contributed by atoms with Crippen molar-refractivity contribution in [2.24, 2.45) is 0 Å². The first kappa shape index (κ1) is 14.0. The van der Waals surface area contributed by atoms with Gasteiger partial charge in [-0.15, -0.1) is 0 Å². The Hall–Kier alpha value is -1.43. The first-order chi connectivity index (χ1) is 9.08. The highest BCUT2D eigenvalue weighted by Crippen LogP contribution is 2.13. The zero-order valence-corrected chi connectivity index (χ0v) is 11.8. The van der Waals surface area contributed by atoms with E-state index in [-0.39, 0.29) is 17.9 Å². The molecule has 0 N–H and O–H groups in total. The molecular weight excluding hydrogens is 246 g/mol. The molecule has 0 aliphatic carbocycles. The zero-order chi connectivity index (χ0) is 13.8. The van der Waals surface area contributed by atoms with Crippen LogP contribution < -0.4 is 0 Å². The lowest BCUT2D eigenvalue weighted by molar-refractivity contribution is -0.139. The van der Waals surface area contributed by atoms with Gasteiger partial charge in [0.25, 0.3) is 0 Å². The van der Waals surface area contributed by atoms with Gasteiger partial charge in [-0.25, -0.2) is 0 Å². The van der Waals surface area contributed by atoms with Gasteiger partial charge in [-0.05, 0) is 6.92 Å². The molecule has 1 saturated heterocycles. The summed E-state index contributed by atoms with van der Waals surface area (Å²) < 4.78 is 10.5. The van der Waals surface area contributed by atoms with E-state index in [0.29, 0.717) is 44.3 Å². The van der Waals surface area contributed by atoms with E-state index in [9.17, 15) is 4.79 Å². The number of hydrogen-bond acceptors (Lipinski definition) is 5. The Labute approximate surface area is 113 Å². The van der Waals surface area contributed by atoms with Crippen LogP contribution in [0.1, 0.15) is 44.8 Å². The molecule has 1 aromatic heterocycles. The fourth-order valence-corrected chi connectivity index (χ4v) is 2.06. The predicted octanol–water partition coefficient (Wildman–Crippen LogP) is 1.37. The second kappa shape index (κ2) is 6.14. The van der Waals surface area contributed by atoms with Crippen LogP contribution in [-0.4, -0.2) is 46.7 Å². The molecule has 2 heterocycles. The monoisotopic (exact) mass is 267 g/mol. The van der Waals surface area contributed by atoms with Crippen molar-refractivity contribution in [3.05, 3.63) is 11.7 Å². The van der Waals surface area contributed by atoms with Crippen molar-refractivity contribution in [1.82, 2.24) is 15.0 Å². The van der Waals surface area contributed by atoms with Gasteiger partial charge < -0.3 is 14.2 Å². The Kier molecular flexibility index (Phi) is 4.52. The standard InChI is InChI=1S/C13H21N3O3/c1-9(2)13-14-11(19-15-13)4-5-12(17)16-6-7-18-8-10(16)3/h9-10H,4-8H2,1-3H3/t10-/m1/s1. The van der Waals surface area contributed by atoms with Gasteiger partial charge >= 0.3 is 0 Å². The lowest BCUT2D eigenvalue weighted by Crippen LogP contribution is -2.47. The van der Waals surface area contributed by atoms with Gasteiger partial charge in [0.1, 0.15) is 0 Å². The topological polar surface area (TPSA) is 68.5 Å². The SMILES string of the molecule is CC(C)c1noc(CCC(=O)N2CCOC[C@H]2C)n1. The van der Waals surface area contributed by atoms with Crippen LogP contribution in [0.5, 0.6) is 0 Å². The average molecular weight is 267 g/mol. The van der Waals surface area contributed by atoms with Gasteiger partial charge in [-0.3, -0.25) is 4.79 Å². The summed E-state index contributed by atoms with van der Waals surface area (Å²) in [6.07, 6.45) is 0.909. The zero-order valence-electron chi connectivity index (χ0n) is 11.8. The largest absolute Gasteiger partial charge is 0.377 e. The number of nitrogens with zero attached hydrogens (tertiary/aromatic N) is 3. The van der Waals surface area contributed by atoms with Gasteiger partial charge in [0.05, 0.1) is 19.3 Å². The lowest BCUT2D eigenvalue weighted by Gasteiger charge is -2.33. The summed E-state index contributed by atoms with van der Waals surface area (Å²) in [5, 5.41) is 3.89. The van der Waals surface area contributed by atoms with Crippen LogP contribution in [0.2, 0.25) is 0 Å². The summed E-state index contributed by atoms with van der Waals surface area (Å²) in [5.74, 6) is 1.60. The predicted molar refractivity (Wildman–Crippen MR) is 68.7 cm³/mol. The van der Waals surface area contributed by atoms with Crippen molar-refractivity contribution in [2.75, 3.05) is 19.8 Å². The summed E-state index contributed by atoms with van der Waals surface area (Å²) in [5.41, 5.74) is 0. The van der Waals surface area contributed by atoms with Crippen LogP contribution in [0.25, 0.3) is 0 Å². The van der Waals surface area contributed by atoms with E-state index in [1.807, 2.05) is 25.7 Å². The Bertz CT molecular complexity index is 431. The van der Waals surface area contributed by atoms with Gasteiger partial charge in [-0.2, -0.15) is 4.98 Å². The number of ether oxygens (including phenoxy) is 1. The molecule has 0 radical (unpaired) electrons. The number of carbonyl (C=O) groups is 1. The molecule has 6 nitrogen and oxygen atoms in total. The minimum absolute atomic E-state index is 0.125. The summed E-state index contributed by atoms with van der Waals surface area (Å²) in [4.78, 5) is 18.2. The average Bonchev–Trinajstić information content (AvgIpc) is 2.85. The molecule has 1 aromatic rings. The molecule has 1 amide bonds. The molecule has 1 aliphatic rings. The molecular formula is C13H21N3O3. The van der Waals surface area contributed by atoms with Gasteiger partial charge in [-0.1, -0.05) is 19.0 Å². The first-order valence-electron chi connectivity index (χ1n) is 6.77. The Balaban J connectivity index is 1.85. The molecule has 6 heteroatoms. The van der Waals surface area contributed by atoms with Crippen molar-refractivity contribution in [1.29, 1.82) is 0 Å². The maximum Gasteiger partial charge on any atom is 0.227 e. The van der Waals surface area contributed by atoms with Crippen molar-refractivity contribution in [3.8, 4) is 0 Å². The quantitative estimate of drug-likeness (QED) is 0.824. The number of rotatable bonds is 4. The summed E-state index contributed by atoms with van der Waals surface area (Å²) in [6.45, 7) is 7.92. The van der Waals surface area contributed by atoms with E-state index in [1.54, 1.807) is 0 Å². The fourth-order valence-electron chi connectivity index (χ4n) is 2.06. The molecule has 0 aromatic carbocycles. The molecule has 1 fully saturated rings. The lowest BCUT2D eigenvalue weighted by atomic mass is 10.2. The second-order valence-corrected chi connectivity index (χ2v) is 5.21.